The van der Waals surface area contributed by atoms with Gasteiger partial charge in [-0.3, -0.25) is 0 Å². The first-order chi connectivity index (χ1) is 14.8. The standard InChI is InChI=1S/C24H29N3O4/c1-24(2,3)31-23(28)27-13-5-6-18(27)16-26-21-12-7-17(15-25)14-22(21)30-20-10-8-19(29-4)9-11-20/h7-12,14,18,26H,5-6,13,16H2,1-4H3. The summed E-state index contributed by atoms with van der Waals surface area (Å²) in [4.78, 5) is 14.3. The molecule has 0 aliphatic carbocycles. The number of methoxy groups -OCH3 is 1. The maximum absolute atomic E-state index is 12.5. The summed E-state index contributed by atoms with van der Waals surface area (Å²) in [6, 6.07) is 14.7. The summed E-state index contributed by atoms with van der Waals surface area (Å²) in [5, 5.41) is 12.7. The van der Waals surface area contributed by atoms with Gasteiger partial charge >= 0.3 is 6.09 Å². The van der Waals surface area contributed by atoms with Crippen molar-refractivity contribution in [1.29, 1.82) is 5.26 Å². The molecule has 7 heteroatoms. The van der Waals surface area contributed by atoms with Crippen LogP contribution in [-0.2, 0) is 4.74 Å². The molecule has 0 bridgehead atoms. The summed E-state index contributed by atoms with van der Waals surface area (Å²) in [7, 11) is 1.61. The molecule has 2 aromatic rings. The predicted octanol–water partition coefficient (Wildman–Crippen LogP) is 5.17. The van der Waals surface area contributed by atoms with Gasteiger partial charge in [0.15, 0.2) is 5.75 Å². The third kappa shape index (κ3) is 6.05. The average Bonchev–Trinajstić information content (AvgIpc) is 3.21. The third-order valence-corrected chi connectivity index (χ3v) is 4.93. The van der Waals surface area contributed by atoms with Crippen LogP contribution in [0.3, 0.4) is 0 Å². The van der Waals surface area contributed by atoms with Crippen molar-refractivity contribution in [2.24, 2.45) is 0 Å². The Morgan fingerprint density at radius 2 is 1.90 bits per heavy atom. The molecular weight excluding hydrogens is 394 g/mol. The van der Waals surface area contributed by atoms with Crippen LogP contribution in [0.2, 0.25) is 0 Å². The van der Waals surface area contributed by atoms with Crippen LogP contribution >= 0.6 is 0 Å². The predicted molar refractivity (Wildman–Crippen MR) is 119 cm³/mol. The Labute approximate surface area is 183 Å². The second-order valence-electron chi connectivity index (χ2n) is 8.45. The second kappa shape index (κ2) is 9.61. The Bertz CT molecular complexity index is 945. The first-order valence-corrected chi connectivity index (χ1v) is 10.4. The molecule has 0 aromatic heterocycles. The number of nitriles is 1. The van der Waals surface area contributed by atoms with E-state index in [4.69, 9.17) is 14.2 Å². The van der Waals surface area contributed by atoms with E-state index in [1.165, 1.54) is 0 Å². The molecule has 1 saturated heterocycles. The lowest BCUT2D eigenvalue weighted by Gasteiger charge is -2.29. The van der Waals surface area contributed by atoms with E-state index in [1.54, 1.807) is 24.1 Å². The first-order valence-electron chi connectivity index (χ1n) is 10.4. The van der Waals surface area contributed by atoms with Gasteiger partial charge in [0.1, 0.15) is 17.1 Å². The van der Waals surface area contributed by atoms with Crippen molar-refractivity contribution in [3.8, 4) is 23.3 Å². The maximum atomic E-state index is 12.5. The fourth-order valence-corrected chi connectivity index (χ4v) is 3.43. The number of nitrogens with zero attached hydrogens (tertiary/aromatic N) is 2. The zero-order chi connectivity index (χ0) is 22.4. The molecule has 1 N–H and O–H groups in total. The van der Waals surface area contributed by atoms with Crippen molar-refractivity contribution >= 4 is 11.8 Å². The molecule has 1 heterocycles. The fourth-order valence-electron chi connectivity index (χ4n) is 3.43. The largest absolute Gasteiger partial charge is 0.497 e. The van der Waals surface area contributed by atoms with Gasteiger partial charge in [-0.2, -0.15) is 5.26 Å². The highest BCUT2D eigenvalue weighted by molar-refractivity contribution is 5.69. The number of hydrogen-bond donors (Lipinski definition) is 1. The quantitative estimate of drug-likeness (QED) is 0.690. The summed E-state index contributed by atoms with van der Waals surface area (Å²) < 4.78 is 16.8. The number of likely N-dealkylation sites (tertiary alicyclic amines) is 1. The van der Waals surface area contributed by atoms with Gasteiger partial charge in [0.25, 0.3) is 0 Å². The summed E-state index contributed by atoms with van der Waals surface area (Å²) in [6.07, 6.45) is 1.55. The van der Waals surface area contributed by atoms with Crippen LogP contribution in [0.15, 0.2) is 42.5 Å². The lowest BCUT2D eigenvalue weighted by molar-refractivity contribution is 0.0235. The Hall–Kier alpha value is -3.40. The van der Waals surface area contributed by atoms with Gasteiger partial charge in [0, 0.05) is 19.2 Å². The molecule has 164 valence electrons. The zero-order valence-electron chi connectivity index (χ0n) is 18.5. The third-order valence-electron chi connectivity index (χ3n) is 4.93. The Balaban J connectivity index is 1.72. The number of benzene rings is 2. The molecule has 1 unspecified atom stereocenters. The van der Waals surface area contributed by atoms with Crippen molar-refractivity contribution in [3.63, 3.8) is 0 Å². The van der Waals surface area contributed by atoms with E-state index in [9.17, 15) is 10.1 Å². The van der Waals surface area contributed by atoms with Gasteiger partial charge in [0.05, 0.1) is 30.5 Å². The van der Waals surface area contributed by atoms with Gasteiger partial charge < -0.3 is 24.4 Å². The SMILES string of the molecule is COc1ccc(Oc2cc(C#N)ccc2NCC2CCCN2C(=O)OC(C)(C)C)cc1. The number of anilines is 1. The molecule has 31 heavy (non-hydrogen) atoms. The highest BCUT2D eigenvalue weighted by Gasteiger charge is 2.32. The van der Waals surface area contributed by atoms with Gasteiger partial charge in [0.2, 0.25) is 0 Å². The fraction of sp³-hybridized carbons (Fsp3) is 0.417. The number of hydrogen-bond acceptors (Lipinski definition) is 6. The van der Waals surface area contributed by atoms with Crippen LogP contribution in [0, 0.1) is 11.3 Å². The summed E-state index contributed by atoms with van der Waals surface area (Å²) >= 11 is 0. The lowest BCUT2D eigenvalue weighted by Crippen LogP contribution is -2.42. The molecular formula is C24H29N3O4. The smallest absolute Gasteiger partial charge is 0.410 e. The minimum atomic E-state index is -0.524. The van der Waals surface area contributed by atoms with Gasteiger partial charge in [-0.15, -0.1) is 0 Å². The topological polar surface area (TPSA) is 83.8 Å². The number of carbonyl (C=O) groups is 1. The summed E-state index contributed by atoms with van der Waals surface area (Å²) in [5.41, 5.74) is 0.737. The Morgan fingerprint density at radius 3 is 2.55 bits per heavy atom. The summed E-state index contributed by atoms with van der Waals surface area (Å²) in [6.45, 7) is 6.85. The van der Waals surface area contributed by atoms with Gasteiger partial charge in [-0.1, -0.05) is 0 Å². The Morgan fingerprint density at radius 1 is 1.19 bits per heavy atom. The van der Waals surface area contributed by atoms with E-state index in [0.29, 0.717) is 30.2 Å². The van der Waals surface area contributed by atoms with E-state index < -0.39 is 5.60 Å². The molecule has 2 aromatic carbocycles. The molecule has 3 rings (SSSR count). The number of rotatable bonds is 6. The number of ether oxygens (including phenoxy) is 3. The first kappa shape index (κ1) is 22.3. The zero-order valence-corrected chi connectivity index (χ0v) is 18.5. The van der Waals surface area contributed by atoms with E-state index in [1.807, 2.05) is 51.1 Å². The van der Waals surface area contributed by atoms with Crippen LogP contribution in [0.4, 0.5) is 10.5 Å². The molecule has 1 fully saturated rings. The van der Waals surface area contributed by atoms with Crippen LogP contribution in [0.1, 0.15) is 39.2 Å². The normalized spacial score (nSPS) is 15.8. The van der Waals surface area contributed by atoms with Crippen molar-refractivity contribution in [3.05, 3.63) is 48.0 Å². The Kier molecular flexibility index (Phi) is 6.91. The second-order valence-corrected chi connectivity index (χ2v) is 8.45. The molecule has 1 atom stereocenters. The van der Waals surface area contributed by atoms with Crippen molar-refractivity contribution in [1.82, 2.24) is 4.90 Å². The molecule has 1 aliphatic rings. The monoisotopic (exact) mass is 423 g/mol. The molecule has 0 spiro atoms. The number of nitrogens with one attached hydrogen (secondary N) is 1. The minimum Gasteiger partial charge on any atom is -0.497 e. The van der Waals surface area contributed by atoms with Crippen molar-refractivity contribution in [2.75, 3.05) is 25.5 Å². The molecule has 0 saturated carbocycles. The van der Waals surface area contributed by atoms with Crippen LogP contribution in [0.5, 0.6) is 17.2 Å². The molecule has 1 amide bonds. The number of amides is 1. The van der Waals surface area contributed by atoms with E-state index in [-0.39, 0.29) is 12.1 Å². The molecule has 0 radical (unpaired) electrons. The maximum Gasteiger partial charge on any atom is 0.410 e. The van der Waals surface area contributed by atoms with Crippen molar-refractivity contribution in [2.45, 2.75) is 45.3 Å². The number of carbonyl (C=O) groups excluding carboxylic acids is 1. The molecule has 1 aliphatic heterocycles. The highest BCUT2D eigenvalue weighted by Crippen LogP contribution is 2.32. The van der Waals surface area contributed by atoms with Gasteiger partial charge in [-0.25, -0.2) is 4.79 Å². The minimum absolute atomic E-state index is 0.0272. The average molecular weight is 424 g/mol. The van der Waals surface area contributed by atoms with Crippen LogP contribution < -0.4 is 14.8 Å². The molecule has 7 nitrogen and oxygen atoms in total. The van der Waals surface area contributed by atoms with Gasteiger partial charge in [-0.05, 0) is 70.0 Å². The lowest BCUT2D eigenvalue weighted by atomic mass is 10.1. The van der Waals surface area contributed by atoms with Crippen LogP contribution in [-0.4, -0.2) is 42.8 Å². The van der Waals surface area contributed by atoms with Crippen LogP contribution in [0.25, 0.3) is 0 Å². The highest BCUT2D eigenvalue weighted by atomic mass is 16.6. The summed E-state index contributed by atoms with van der Waals surface area (Å²) in [5.74, 6) is 1.92. The van der Waals surface area contributed by atoms with E-state index >= 15 is 0 Å². The van der Waals surface area contributed by atoms with E-state index in [0.717, 1.165) is 24.3 Å². The van der Waals surface area contributed by atoms with Crippen molar-refractivity contribution < 1.29 is 19.0 Å². The van der Waals surface area contributed by atoms with E-state index in [2.05, 4.69) is 11.4 Å².